The predicted molar refractivity (Wildman–Crippen MR) is 68.6 cm³/mol. The van der Waals surface area contributed by atoms with Crippen molar-refractivity contribution in [2.75, 3.05) is 13.6 Å². The lowest BCUT2D eigenvalue weighted by Crippen LogP contribution is -2.34. The molecule has 2 unspecified atom stereocenters. The molecule has 3 nitrogen and oxygen atoms in total. The molecule has 3 heteroatoms. The number of likely N-dealkylation sites (N-methyl/N-ethyl adjacent to an activating group) is 1. The molecule has 0 aromatic carbocycles. The van der Waals surface area contributed by atoms with E-state index in [0.717, 1.165) is 6.54 Å². The van der Waals surface area contributed by atoms with E-state index in [0.29, 0.717) is 18.1 Å². The van der Waals surface area contributed by atoms with Gasteiger partial charge in [-0.1, -0.05) is 6.92 Å². The van der Waals surface area contributed by atoms with E-state index in [-0.39, 0.29) is 0 Å². The first kappa shape index (κ1) is 14.4. The molecular formula is C12H27N3. The van der Waals surface area contributed by atoms with Gasteiger partial charge >= 0.3 is 0 Å². The molecule has 0 aliphatic rings. The zero-order valence-corrected chi connectivity index (χ0v) is 11.1. The maximum Gasteiger partial charge on any atom is 0.0829 e. The number of rotatable bonds is 7. The van der Waals surface area contributed by atoms with Gasteiger partial charge in [0.05, 0.1) is 12.4 Å². The van der Waals surface area contributed by atoms with Crippen LogP contribution in [0.2, 0.25) is 0 Å². The van der Waals surface area contributed by atoms with E-state index >= 15 is 0 Å². The Morgan fingerprint density at radius 1 is 1.27 bits per heavy atom. The quantitative estimate of drug-likeness (QED) is 0.518. The SMILES string of the molecule is CCC(C)N(C)CC(C)N=CNC(C)C. The van der Waals surface area contributed by atoms with E-state index in [1.807, 2.05) is 6.34 Å². The summed E-state index contributed by atoms with van der Waals surface area (Å²) >= 11 is 0. The molecule has 0 rings (SSSR count). The van der Waals surface area contributed by atoms with Crippen molar-refractivity contribution >= 4 is 6.34 Å². The van der Waals surface area contributed by atoms with Crippen LogP contribution in [0.4, 0.5) is 0 Å². The minimum absolute atomic E-state index is 0.357. The summed E-state index contributed by atoms with van der Waals surface area (Å²) in [5, 5.41) is 3.18. The second-order valence-corrected chi connectivity index (χ2v) is 4.65. The minimum atomic E-state index is 0.357. The van der Waals surface area contributed by atoms with Crippen LogP contribution in [0.3, 0.4) is 0 Å². The van der Waals surface area contributed by atoms with E-state index in [1.165, 1.54) is 6.42 Å². The van der Waals surface area contributed by atoms with Crippen molar-refractivity contribution in [2.45, 2.75) is 59.2 Å². The molecule has 2 atom stereocenters. The van der Waals surface area contributed by atoms with Crippen LogP contribution in [-0.4, -0.2) is 43.0 Å². The molecule has 0 aliphatic carbocycles. The molecule has 0 aromatic heterocycles. The number of nitrogens with one attached hydrogen (secondary N) is 1. The summed E-state index contributed by atoms with van der Waals surface area (Å²) in [7, 11) is 2.16. The van der Waals surface area contributed by atoms with Crippen LogP contribution in [0.15, 0.2) is 4.99 Å². The third-order valence-electron chi connectivity index (χ3n) is 2.63. The van der Waals surface area contributed by atoms with Crippen LogP contribution in [-0.2, 0) is 0 Å². The average molecular weight is 213 g/mol. The molecule has 0 saturated carbocycles. The Bertz CT molecular complexity index is 178. The normalized spacial score (nSPS) is 16.3. The molecule has 0 heterocycles. The fourth-order valence-electron chi connectivity index (χ4n) is 1.27. The molecule has 15 heavy (non-hydrogen) atoms. The fraction of sp³-hybridized carbons (Fsp3) is 0.917. The van der Waals surface area contributed by atoms with Crippen molar-refractivity contribution in [1.82, 2.24) is 10.2 Å². The van der Waals surface area contributed by atoms with Gasteiger partial charge in [-0.2, -0.15) is 0 Å². The van der Waals surface area contributed by atoms with E-state index in [9.17, 15) is 0 Å². The van der Waals surface area contributed by atoms with Gasteiger partial charge in [-0.15, -0.1) is 0 Å². The van der Waals surface area contributed by atoms with Crippen LogP contribution < -0.4 is 5.32 Å². The van der Waals surface area contributed by atoms with Crippen LogP contribution in [0.5, 0.6) is 0 Å². The number of nitrogens with zero attached hydrogens (tertiary/aromatic N) is 2. The second kappa shape index (κ2) is 7.69. The molecule has 0 spiro atoms. The van der Waals surface area contributed by atoms with Crippen molar-refractivity contribution < 1.29 is 0 Å². The maximum atomic E-state index is 4.44. The highest BCUT2D eigenvalue weighted by atomic mass is 15.1. The van der Waals surface area contributed by atoms with E-state index < -0.39 is 0 Å². The van der Waals surface area contributed by atoms with Crippen molar-refractivity contribution in [3.05, 3.63) is 0 Å². The Labute approximate surface area is 95.0 Å². The third kappa shape index (κ3) is 7.37. The van der Waals surface area contributed by atoms with Crippen LogP contribution in [0, 0.1) is 0 Å². The summed E-state index contributed by atoms with van der Waals surface area (Å²) in [6.07, 6.45) is 3.02. The summed E-state index contributed by atoms with van der Waals surface area (Å²) in [6, 6.07) is 1.46. The average Bonchev–Trinajstić information content (AvgIpc) is 2.15. The smallest absolute Gasteiger partial charge is 0.0829 e. The summed E-state index contributed by atoms with van der Waals surface area (Å²) in [6.45, 7) is 11.9. The number of hydrogen-bond acceptors (Lipinski definition) is 2. The first-order valence-electron chi connectivity index (χ1n) is 5.95. The highest BCUT2D eigenvalue weighted by Gasteiger charge is 2.09. The zero-order valence-electron chi connectivity index (χ0n) is 11.1. The molecule has 90 valence electrons. The summed E-state index contributed by atoms with van der Waals surface area (Å²) < 4.78 is 0. The molecule has 0 fully saturated rings. The van der Waals surface area contributed by atoms with Gasteiger partial charge in [-0.05, 0) is 41.2 Å². The van der Waals surface area contributed by atoms with Gasteiger partial charge in [0.25, 0.3) is 0 Å². The Hall–Kier alpha value is -0.570. The topological polar surface area (TPSA) is 27.6 Å². The second-order valence-electron chi connectivity index (χ2n) is 4.65. The Morgan fingerprint density at radius 3 is 2.33 bits per heavy atom. The maximum absolute atomic E-state index is 4.44. The molecule has 0 bridgehead atoms. The lowest BCUT2D eigenvalue weighted by Gasteiger charge is -2.25. The monoisotopic (exact) mass is 213 g/mol. The molecule has 1 N–H and O–H groups in total. The molecule has 0 radical (unpaired) electrons. The van der Waals surface area contributed by atoms with Gasteiger partial charge in [0.15, 0.2) is 0 Å². The predicted octanol–water partition coefficient (Wildman–Crippen LogP) is 2.13. The van der Waals surface area contributed by atoms with E-state index in [2.05, 4.69) is 56.9 Å². The van der Waals surface area contributed by atoms with Gasteiger partial charge in [-0.25, -0.2) is 0 Å². The summed E-state index contributed by atoms with van der Waals surface area (Å²) in [5.41, 5.74) is 0. The Kier molecular flexibility index (Phi) is 7.39. The van der Waals surface area contributed by atoms with Gasteiger partial charge < -0.3 is 10.2 Å². The lowest BCUT2D eigenvalue weighted by molar-refractivity contribution is 0.241. The Balaban J connectivity index is 3.82. The minimum Gasteiger partial charge on any atom is -0.374 e. The number of hydrogen-bond donors (Lipinski definition) is 1. The van der Waals surface area contributed by atoms with Crippen molar-refractivity contribution in [2.24, 2.45) is 4.99 Å². The standard InChI is InChI=1S/C12H27N3/c1-7-12(5)15(6)8-11(4)14-9-13-10(2)3/h9-12H,7-8H2,1-6H3,(H,13,14). The van der Waals surface area contributed by atoms with Crippen molar-refractivity contribution in [3.8, 4) is 0 Å². The zero-order chi connectivity index (χ0) is 11.8. The number of aliphatic imine (C=N–C) groups is 1. The molecule has 0 saturated heterocycles. The third-order valence-corrected chi connectivity index (χ3v) is 2.63. The van der Waals surface area contributed by atoms with Crippen LogP contribution >= 0.6 is 0 Å². The van der Waals surface area contributed by atoms with E-state index in [1.54, 1.807) is 0 Å². The van der Waals surface area contributed by atoms with E-state index in [4.69, 9.17) is 0 Å². The first-order chi connectivity index (χ1) is 6.97. The summed E-state index contributed by atoms with van der Waals surface area (Å²) in [4.78, 5) is 6.80. The van der Waals surface area contributed by atoms with Gasteiger partial charge in [0.2, 0.25) is 0 Å². The first-order valence-corrected chi connectivity index (χ1v) is 5.95. The van der Waals surface area contributed by atoms with Gasteiger partial charge in [0.1, 0.15) is 0 Å². The fourth-order valence-corrected chi connectivity index (χ4v) is 1.27. The molecule has 0 aromatic rings. The van der Waals surface area contributed by atoms with Crippen molar-refractivity contribution in [1.29, 1.82) is 0 Å². The largest absolute Gasteiger partial charge is 0.374 e. The van der Waals surface area contributed by atoms with Gasteiger partial charge in [0, 0.05) is 18.6 Å². The van der Waals surface area contributed by atoms with Crippen LogP contribution in [0.1, 0.15) is 41.0 Å². The van der Waals surface area contributed by atoms with Gasteiger partial charge in [-0.3, -0.25) is 4.99 Å². The summed E-state index contributed by atoms with van der Waals surface area (Å²) in [5.74, 6) is 0. The lowest BCUT2D eigenvalue weighted by atomic mass is 10.2. The highest BCUT2D eigenvalue weighted by molar-refractivity contribution is 5.54. The van der Waals surface area contributed by atoms with Crippen LogP contribution in [0.25, 0.3) is 0 Å². The van der Waals surface area contributed by atoms with Crippen molar-refractivity contribution in [3.63, 3.8) is 0 Å². The Morgan fingerprint density at radius 2 is 1.87 bits per heavy atom. The molecule has 0 aliphatic heterocycles. The highest BCUT2D eigenvalue weighted by Crippen LogP contribution is 2.02. The molecular weight excluding hydrogens is 186 g/mol. The molecule has 0 amide bonds.